The van der Waals surface area contributed by atoms with E-state index in [1.54, 1.807) is 0 Å². The zero-order valence-electron chi connectivity index (χ0n) is 11.9. The Hall–Kier alpha value is -0.530. The minimum atomic E-state index is -0.0112. The van der Waals surface area contributed by atoms with E-state index in [-0.39, 0.29) is 5.97 Å². The van der Waals surface area contributed by atoms with E-state index in [0.29, 0.717) is 18.4 Å². The van der Waals surface area contributed by atoms with Crippen molar-refractivity contribution in [1.29, 1.82) is 0 Å². The van der Waals surface area contributed by atoms with Gasteiger partial charge in [0.2, 0.25) is 0 Å². The van der Waals surface area contributed by atoms with E-state index in [4.69, 9.17) is 4.74 Å². The topological polar surface area (TPSA) is 26.3 Å². The average Bonchev–Trinajstić information content (AvgIpc) is 2.74. The van der Waals surface area contributed by atoms with Crippen LogP contribution in [0.15, 0.2) is 0 Å². The summed E-state index contributed by atoms with van der Waals surface area (Å²) in [6, 6.07) is 0. The minimum Gasteiger partial charge on any atom is -0.466 e. The van der Waals surface area contributed by atoms with Gasteiger partial charge in [0, 0.05) is 6.42 Å². The van der Waals surface area contributed by atoms with Crippen LogP contribution in [0.25, 0.3) is 0 Å². The Balaban J connectivity index is 1.65. The molecule has 1 unspecified atom stereocenters. The van der Waals surface area contributed by atoms with E-state index in [1.165, 1.54) is 57.8 Å². The quantitative estimate of drug-likeness (QED) is 0.675. The van der Waals surface area contributed by atoms with Crippen LogP contribution in [0.5, 0.6) is 0 Å². The summed E-state index contributed by atoms with van der Waals surface area (Å²) in [4.78, 5) is 11.3. The lowest BCUT2D eigenvalue weighted by Crippen LogP contribution is -2.20. The molecule has 1 spiro atoms. The molecule has 104 valence electrons. The molecule has 0 N–H and O–H groups in total. The lowest BCUT2D eigenvalue weighted by Gasteiger charge is -2.33. The molecule has 2 heteroatoms. The molecule has 0 aromatic rings. The zero-order valence-corrected chi connectivity index (χ0v) is 11.9. The molecule has 0 radical (unpaired) electrons. The molecule has 0 heterocycles. The maximum Gasteiger partial charge on any atom is 0.305 e. The molecular formula is C16H28O2. The molecule has 18 heavy (non-hydrogen) atoms. The third-order valence-corrected chi connectivity index (χ3v) is 5.02. The second kappa shape index (κ2) is 6.58. The summed E-state index contributed by atoms with van der Waals surface area (Å²) in [7, 11) is 0. The van der Waals surface area contributed by atoms with Crippen molar-refractivity contribution < 1.29 is 9.53 Å². The number of esters is 1. The normalized spacial score (nSPS) is 26.4. The first-order valence-corrected chi connectivity index (χ1v) is 7.90. The lowest BCUT2D eigenvalue weighted by molar-refractivity contribution is -0.143. The van der Waals surface area contributed by atoms with Gasteiger partial charge in [-0.25, -0.2) is 0 Å². The van der Waals surface area contributed by atoms with Gasteiger partial charge in [-0.1, -0.05) is 19.3 Å². The number of hydrogen-bond acceptors (Lipinski definition) is 2. The van der Waals surface area contributed by atoms with Crippen molar-refractivity contribution in [2.24, 2.45) is 11.3 Å². The zero-order chi connectivity index (χ0) is 12.8. The van der Waals surface area contributed by atoms with Gasteiger partial charge in [0.1, 0.15) is 0 Å². The van der Waals surface area contributed by atoms with E-state index < -0.39 is 0 Å². The van der Waals surface area contributed by atoms with Crippen LogP contribution in [0, 0.1) is 11.3 Å². The molecule has 0 saturated heterocycles. The predicted molar refractivity (Wildman–Crippen MR) is 73.3 cm³/mol. The fourth-order valence-corrected chi connectivity index (χ4v) is 4.10. The average molecular weight is 252 g/mol. The number of carbonyl (C=O) groups excluding carboxylic acids is 1. The standard InChI is InChI=1S/C16H28O2/c1-2-18-15(17)8-6-7-14-9-12-16(13-14)10-4-3-5-11-16/h14H,2-13H2,1H3. The number of rotatable bonds is 5. The molecule has 2 rings (SSSR count). The van der Waals surface area contributed by atoms with Crippen molar-refractivity contribution in [1.82, 2.24) is 0 Å². The monoisotopic (exact) mass is 252 g/mol. The smallest absolute Gasteiger partial charge is 0.305 e. The van der Waals surface area contributed by atoms with Gasteiger partial charge in [-0.2, -0.15) is 0 Å². The molecule has 1 atom stereocenters. The number of hydrogen-bond donors (Lipinski definition) is 0. The van der Waals surface area contributed by atoms with Crippen molar-refractivity contribution in [3.05, 3.63) is 0 Å². The Morgan fingerprint density at radius 3 is 2.72 bits per heavy atom. The highest BCUT2D eigenvalue weighted by atomic mass is 16.5. The summed E-state index contributed by atoms with van der Waals surface area (Å²) < 4.78 is 4.98. The summed E-state index contributed by atoms with van der Waals surface area (Å²) in [6.07, 6.45) is 14.5. The summed E-state index contributed by atoms with van der Waals surface area (Å²) in [6.45, 7) is 2.40. The maximum absolute atomic E-state index is 11.3. The van der Waals surface area contributed by atoms with E-state index in [2.05, 4.69) is 0 Å². The van der Waals surface area contributed by atoms with Gasteiger partial charge in [0.05, 0.1) is 6.61 Å². The first kappa shape index (κ1) is 13.9. The van der Waals surface area contributed by atoms with Crippen LogP contribution in [0.4, 0.5) is 0 Å². The van der Waals surface area contributed by atoms with Crippen molar-refractivity contribution in [3.8, 4) is 0 Å². The van der Waals surface area contributed by atoms with Gasteiger partial charge in [-0.15, -0.1) is 0 Å². The van der Waals surface area contributed by atoms with Crippen LogP contribution in [-0.2, 0) is 9.53 Å². The van der Waals surface area contributed by atoms with Crippen LogP contribution in [-0.4, -0.2) is 12.6 Å². The van der Waals surface area contributed by atoms with Crippen LogP contribution in [0.1, 0.15) is 77.6 Å². The highest BCUT2D eigenvalue weighted by Crippen LogP contribution is 2.52. The second-order valence-corrected chi connectivity index (χ2v) is 6.37. The molecular weight excluding hydrogens is 224 g/mol. The predicted octanol–water partition coefficient (Wildman–Crippen LogP) is 4.47. The lowest BCUT2D eigenvalue weighted by atomic mass is 9.72. The van der Waals surface area contributed by atoms with Gasteiger partial charge in [0.15, 0.2) is 0 Å². The van der Waals surface area contributed by atoms with Gasteiger partial charge >= 0.3 is 5.97 Å². The molecule has 2 saturated carbocycles. The largest absolute Gasteiger partial charge is 0.466 e. The van der Waals surface area contributed by atoms with E-state index in [9.17, 15) is 4.79 Å². The number of carbonyl (C=O) groups is 1. The second-order valence-electron chi connectivity index (χ2n) is 6.37. The van der Waals surface area contributed by atoms with Crippen LogP contribution >= 0.6 is 0 Å². The van der Waals surface area contributed by atoms with Gasteiger partial charge < -0.3 is 4.74 Å². The molecule has 2 nitrogen and oxygen atoms in total. The van der Waals surface area contributed by atoms with Crippen molar-refractivity contribution in [3.63, 3.8) is 0 Å². The highest BCUT2D eigenvalue weighted by molar-refractivity contribution is 5.69. The fraction of sp³-hybridized carbons (Fsp3) is 0.938. The van der Waals surface area contributed by atoms with Crippen molar-refractivity contribution in [2.45, 2.75) is 77.6 Å². The molecule has 0 aromatic heterocycles. The fourth-order valence-electron chi connectivity index (χ4n) is 4.10. The van der Waals surface area contributed by atoms with Crippen molar-refractivity contribution >= 4 is 5.97 Å². The van der Waals surface area contributed by atoms with Crippen LogP contribution in [0.2, 0.25) is 0 Å². The summed E-state index contributed by atoms with van der Waals surface area (Å²) in [5, 5.41) is 0. The van der Waals surface area contributed by atoms with Crippen LogP contribution in [0.3, 0.4) is 0 Å². The van der Waals surface area contributed by atoms with Gasteiger partial charge in [0.25, 0.3) is 0 Å². The van der Waals surface area contributed by atoms with E-state index in [1.807, 2.05) is 6.92 Å². The third kappa shape index (κ3) is 3.73. The Morgan fingerprint density at radius 1 is 1.22 bits per heavy atom. The molecule has 0 amide bonds. The van der Waals surface area contributed by atoms with Gasteiger partial charge in [-0.3, -0.25) is 4.79 Å². The third-order valence-electron chi connectivity index (χ3n) is 5.02. The first-order valence-electron chi connectivity index (χ1n) is 7.90. The summed E-state index contributed by atoms with van der Waals surface area (Å²) in [5.74, 6) is 0.875. The Labute approximate surface area is 111 Å². The molecule has 2 fully saturated rings. The molecule has 2 aliphatic rings. The van der Waals surface area contributed by atoms with E-state index >= 15 is 0 Å². The molecule has 0 bridgehead atoms. The SMILES string of the molecule is CCOC(=O)CCCC1CCC2(CCCCC2)C1. The van der Waals surface area contributed by atoms with Crippen molar-refractivity contribution in [2.75, 3.05) is 6.61 Å². The van der Waals surface area contributed by atoms with Gasteiger partial charge in [-0.05, 0) is 63.2 Å². The summed E-state index contributed by atoms with van der Waals surface area (Å²) >= 11 is 0. The Bertz CT molecular complexity index is 266. The van der Waals surface area contributed by atoms with E-state index in [0.717, 1.165) is 12.3 Å². The highest BCUT2D eigenvalue weighted by Gasteiger charge is 2.39. The number of ether oxygens (including phenoxy) is 1. The Kier molecular flexibility index (Phi) is 5.08. The molecule has 0 aromatic carbocycles. The Morgan fingerprint density at radius 2 is 2.00 bits per heavy atom. The molecule has 2 aliphatic carbocycles. The maximum atomic E-state index is 11.3. The van der Waals surface area contributed by atoms with Crippen LogP contribution < -0.4 is 0 Å². The first-order chi connectivity index (χ1) is 8.74. The summed E-state index contributed by atoms with van der Waals surface area (Å²) in [5.41, 5.74) is 0.715. The molecule has 0 aliphatic heterocycles. The minimum absolute atomic E-state index is 0.0112.